The molecule has 0 bridgehead atoms. The van der Waals surface area contributed by atoms with E-state index in [2.05, 4.69) is 19.2 Å². The molecule has 2 heterocycles. The first-order valence-electron chi connectivity index (χ1n) is 9.03. The number of hydrogen-bond acceptors (Lipinski definition) is 4. The van der Waals surface area contributed by atoms with Crippen LogP contribution in [0.2, 0.25) is 0 Å². The van der Waals surface area contributed by atoms with Gasteiger partial charge in [0.25, 0.3) is 0 Å². The lowest BCUT2D eigenvalue weighted by atomic mass is 9.96. The Hall–Kier alpha value is -1.91. The Morgan fingerprint density at radius 2 is 2.00 bits per heavy atom. The first kappa shape index (κ1) is 16.9. The van der Waals surface area contributed by atoms with Crippen LogP contribution in [-0.4, -0.2) is 43.7 Å². The molecule has 1 aromatic carbocycles. The topological polar surface area (TPSA) is 50.8 Å². The van der Waals surface area contributed by atoms with Crippen molar-refractivity contribution in [3.05, 3.63) is 18.2 Å². The molecule has 1 saturated heterocycles. The Balaban J connectivity index is 1.48. The molecule has 1 N–H and O–H groups in total. The van der Waals surface area contributed by atoms with Crippen LogP contribution in [0.1, 0.15) is 33.1 Å². The molecule has 1 amide bonds. The fourth-order valence-corrected chi connectivity index (χ4v) is 3.33. The van der Waals surface area contributed by atoms with Crippen LogP contribution in [0.4, 0.5) is 5.69 Å². The van der Waals surface area contributed by atoms with Gasteiger partial charge in [-0.25, -0.2) is 0 Å². The van der Waals surface area contributed by atoms with Gasteiger partial charge in [0, 0.05) is 26.1 Å². The smallest absolute Gasteiger partial charge is 0.222 e. The quantitative estimate of drug-likeness (QED) is 0.900. The Bertz CT molecular complexity index is 566. The van der Waals surface area contributed by atoms with E-state index in [1.54, 1.807) is 0 Å². The van der Waals surface area contributed by atoms with Gasteiger partial charge in [0.1, 0.15) is 13.2 Å². The van der Waals surface area contributed by atoms with E-state index in [1.165, 1.54) is 0 Å². The summed E-state index contributed by atoms with van der Waals surface area (Å²) >= 11 is 0. The summed E-state index contributed by atoms with van der Waals surface area (Å²) in [5.41, 5.74) is 1.01. The predicted octanol–water partition coefficient (Wildman–Crippen LogP) is 3.15. The molecule has 3 rings (SSSR count). The first-order valence-corrected chi connectivity index (χ1v) is 9.03. The summed E-state index contributed by atoms with van der Waals surface area (Å²) in [6.07, 6.45) is 2.78. The number of nitrogens with one attached hydrogen (secondary N) is 1. The van der Waals surface area contributed by atoms with Crippen molar-refractivity contribution < 1.29 is 14.3 Å². The van der Waals surface area contributed by atoms with Crippen molar-refractivity contribution in [2.75, 3.05) is 38.2 Å². The fraction of sp³-hybridized carbons (Fsp3) is 0.632. The summed E-state index contributed by atoms with van der Waals surface area (Å²) in [6.45, 7) is 8.07. The normalized spacial score (nSPS) is 17.9. The van der Waals surface area contributed by atoms with E-state index in [0.717, 1.165) is 49.7 Å². The van der Waals surface area contributed by atoms with Crippen LogP contribution in [0.5, 0.6) is 11.5 Å². The van der Waals surface area contributed by atoms with Gasteiger partial charge in [-0.3, -0.25) is 4.79 Å². The summed E-state index contributed by atoms with van der Waals surface area (Å²) in [6, 6.07) is 5.97. The van der Waals surface area contributed by atoms with E-state index in [9.17, 15) is 4.79 Å². The van der Waals surface area contributed by atoms with Crippen molar-refractivity contribution >= 4 is 11.6 Å². The molecule has 5 heteroatoms. The van der Waals surface area contributed by atoms with Crippen molar-refractivity contribution in [1.29, 1.82) is 0 Å². The average Bonchev–Trinajstić information content (AvgIpc) is 2.59. The van der Waals surface area contributed by atoms with Crippen molar-refractivity contribution in [2.24, 2.45) is 11.8 Å². The maximum atomic E-state index is 12.1. The number of fused-ring (bicyclic) bond motifs is 1. The van der Waals surface area contributed by atoms with Crippen molar-refractivity contribution in [1.82, 2.24) is 4.90 Å². The molecular formula is C19H28N2O3. The van der Waals surface area contributed by atoms with E-state index in [4.69, 9.17) is 9.47 Å². The molecule has 0 unspecified atom stereocenters. The lowest BCUT2D eigenvalue weighted by Crippen LogP contribution is -2.40. The van der Waals surface area contributed by atoms with Gasteiger partial charge >= 0.3 is 0 Å². The molecule has 1 aromatic rings. The minimum Gasteiger partial charge on any atom is -0.486 e. The third-order valence-electron chi connectivity index (χ3n) is 4.70. The molecule has 0 saturated carbocycles. The molecule has 24 heavy (non-hydrogen) atoms. The zero-order chi connectivity index (χ0) is 16.9. The number of nitrogens with zero attached hydrogens (tertiary/aromatic N) is 1. The number of ether oxygens (including phenoxy) is 2. The van der Waals surface area contributed by atoms with Crippen LogP contribution in [0, 0.1) is 11.8 Å². The number of para-hydroxylation sites is 1. The maximum absolute atomic E-state index is 12.1. The van der Waals surface area contributed by atoms with Gasteiger partial charge in [0.2, 0.25) is 5.91 Å². The number of rotatable bonds is 5. The van der Waals surface area contributed by atoms with Crippen LogP contribution >= 0.6 is 0 Å². The van der Waals surface area contributed by atoms with E-state index in [-0.39, 0.29) is 0 Å². The minimum absolute atomic E-state index is 0.305. The van der Waals surface area contributed by atoms with Gasteiger partial charge in [0.05, 0.1) is 5.69 Å². The van der Waals surface area contributed by atoms with Gasteiger partial charge in [-0.2, -0.15) is 0 Å². The summed E-state index contributed by atoms with van der Waals surface area (Å²) in [5.74, 6) is 2.98. The van der Waals surface area contributed by atoms with E-state index in [1.807, 2.05) is 23.1 Å². The third-order valence-corrected chi connectivity index (χ3v) is 4.70. The molecule has 0 radical (unpaired) electrons. The number of benzene rings is 1. The first-order chi connectivity index (χ1) is 11.6. The Morgan fingerprint density at radius 1 is 1.25 bits per heavy atom. The SMILES string of the molecule is CC(C)CC(=O)N1CCC(CNc2cccc3c2OCCO3)CC1. The molecule has 0 atom stereocenters. The average molecular weight is 332 g/mol. The molecule has 2 aliphatic rings. The highest BCUT2D eigenvalue weighted by Gasteiger charge is 2.23. The highest BCUT2D eigenvalue weighted by atomic mass is 16.6. The number of amides is 1. The second-order valence-electron chi connectivity index (χ2n) is 7.13. The second-order valence-corrected chi connectivity index (χ2v) is 7.13. The van der Waals surface area contributed by atoms with E-state index in [0.29, 0.717) is 37.4 Å². The zero-order valence-electron chi connectivity index (χ0n) is 14.7. The van der Waals surface area contributed by atoms with Crippen LogP contribution < -0.4 is 14.8 Å². The van der Waals surface area contributed by atoms with Crippen LogP contribution in [0.15, 0.2) is 18.2 Å². The zero-order valence-corrected chi connectivity index (χ0v) is 14.7. The third kappa shape index (κ3) is 4.13. The van der Waals surface area contributed by atoms with Gasteiger partial charge in [-0.05, 0) is 36.8 Å². The molecular weight excluding hydrogens is 304 g/mol. The number of hydrogen-bond donors (Lipinski definition) is 1. The molecule has 2 aliphatic heterocycles. The Kier molecular flexibility index (Phi) is 5.48. The maximum Gasteiger partial charge on any atom is 0.222 e. The van der Waals surface area contributed by atoms with Crippen LogP contribution in [-0.2, 0) is 4.79 Å². The van der Waals surface area contributed by atoms with Gasteiger partial charge in [-0.1, -0.05) is 19.9 Å². The second kappa shape index (κ2) is 7.77. The van der Waals surface area contributed by atoms with Crippen molar-refractivity contribution in [3.8, 4) is 11.5 Å². The lowest BCUT2D eigenvalue weighted by molar-refractivity contribution is -0.133. The van der Waals surface area contributed by atoms with E-state index >= 15 is 0 Å². The Morgan fingerprint density at radius 3 is 2.75 bits per heavy atom. The number of carbonyl (C=O) groups is 1. The highest BCUT2D eigenvalue weighted by molar-refractivity contribution is 5.76. The lowest BCUT2D eigenvalue weighted by Gasteiger charge is -2.33. The number of anilines is 1. The molecule has 0 spiro atoms. The Labute approximate surface area is 144 Å². The molecule has 1 fully saturated rings. The van der Waals surface area contributed by atoms with Crippen LogP contribution in [0.25, 0.3) is 0 Å². The van der Waals surface area contributed by atoms with Gasteiger partial charge < -0.3 is 19.7 Å². The summed E-state index contributed by atoms with van der Waals surface area (Å²) in [7, 11) is 0. The van der Waals surface area contributed by atoms with Gasteiger partial charge in [-0.15, -0.1) is 0 Å². The molecule has 5 nitrogen and oxygen atoms in total. The number of likely N-dealkylation sites (tertiary alicyclic amines) is 1. The van der Waals surface area contributed by atoms with E-state index < -0.39 is 0 Å². The summed E-state index contributed by atoms with van der Waals surface area (Å²) < 4.78 is 11.4. The monoisotopic (exact) mass is 332 g/mol. The molecule has 0 aromatic heterocycles. The molecule has 132 valence electrons. The minimum atomic E-state index is 0.305. The number of piperidine rings is 1. The summed E-state index contributed by atoms with van der Waals surface area (Å²) in [4.78, 5) is 14.2. The largest absolute Gasteiger partial charge is 0.486 e. The van der Waals surface area contributed by atoms with Crippen molar-refractivity contribution in [3.63, 3.8) is 0 Å². The number of carbonyl (C=O) groups excluding carboxylic acids is 1. The fourth-order valence-electron chi connectivity index (χ4n) is 3.33. The summed E-state index contributed by atoms with van der Waals surface area (Å²) in [5, 5.41) is 3.51. The predicted molar refractivity (Wildman–Crippen MR) is 94.7 cm³/mol. The van der Waals surface area contributed by atoms with Crippen molar-refractivity contribution in [2.45, 2.75) is 33.1 Å². The van der Waals surface area contributed by atoms with Gasteiger partial charge in [0.15, 0.2) is 11.5 Å². The standard InChI is InChI=1S/C19H28N2O3/c1-14(2)12-18(22)21-8-6-15(7-9-21)13-20-16-4-3-5-17-19(16)24-11-10-23-17/h3-5,14-15,20H,6-13H2,1-2H3. The molecule has 0 aliphatic carbocycles. The van der Waals surface area contributed by atoms with Crippen LogP contribution in [0.3, 0.4) is 0 Å². The highest BCUT2D eigenvalue weighted by Crippen LogP contribution is 2.37.